The van der Waals surface area contributed by atoms with Crippen LogP contribution in [0, 0.1) is 0 Å². The van der Waals surface area contributed by atoms with E-state index in [0.717, 1.165) is 39.3 Å². The Morgan fingerprint density at radius 2 is 1.72 bits per heavy atom. The van der Waals surface area contributed by atoms with Gasteiger partial charge in [0.2, 0.25) is 0 Å². The van der Waals surface area contributed by atoms with Gasteiger partial charge in [-0.15, -0.1) is 0 Å². The quantitative estimate of drug-likeness (QED) is 0.601. The molecular formula is C21H19F3N4O4. The van der Waals surface area contributed by atoms with Crippen LogP contribution in [0.1, 0.15) is 11.1 Å². The second-order valence-corrected chi connectivity index (χ2v) is 6.83. The van der Waals surface area contributed by atoms with Gasteiger partial charge in [-0.2, -0.15) is 13.2 Å². The van der Waals surface area contributed by atoms with Crippen molar-refractivity contribution in [3.8, 4) is 5.75 Å². The van der Waals surface area contributed by atoms with Gasteiger partial charge in [0.1, 0.15) is 11.6 Å². The molecule has 0 unspecified atom stereocenters. The topological polar surface area (TPSA) is 110 Å². The van der Waals surface area contributed by atoms with Crippen molar-refractivity contribution >= 4 is 17.4 Å². The molecule has 0 fully saturated rings. The van der Waals surface area contributed by atoms with Crippen LogP contribution >= 0.6 is 0 Å². The molecule has 1 heterocycles. The monoisotopic (exact) mass is 448 g/mol. The van der Waals surface area contributed by atoms with Gasteiger partial charge in [-0.05, 0) is 29.8 Å². The van der Waals surface area contributed by atoms with Gasteiger partial charge in [0.05, 0.1) is 12.1 Å². The first-order valence-electron chi connectivity index (χ1n) is 9.31. The van der Waals surface area contributed by atoms with Crippen LogP contribution in [-0.4, -0.2) is 29.1 Å². The van der Waals surface area contributed by atoms with E-state index in [1.807, 2.05) is 0 Å². The summed E-state index contributed by atoms with van der Waals surface area (Å²) in [6.07, 6.45) is -4.49. The zero-order chi connectivity index (χ0) is 23.5. The molecule has 2 aromatic carbocycles. The normalized spacial score (nSPS) is 11.2. The summed E-state index contributed by atoms with van der Waals surface area (Å²) in [5, 5.41) is 0. The highest BCUT2D eigenvalue weighted by atomic mass is 19.4. The van der Waals surface area contributed by atoms with Crippen LogP contribution in [-0.2, 0) is 17.5 Å². The molecular weight excluding hydrogens is 429 g/mol. The average molecular weight is 448 g/mol. The third-order valence-corrected chi connectivity index (χ3v) is 4.65. The fourth-order valence-electron chi connectivity index (χ4n) is 2.93. The van der Waals surface area contributed by atoms with Gasteiger partial charge in [0.15, 0.2) is 12.3 Å². The van der Waals surface area contributed by atoms with Gasteiger partial charge >= 0.3 is 11.9 Å². The number of halogens is 3. The zero-order valence-electron chi connectivity index (χ0n) is 16.8. The third-order valence-electron chi connectivity index (χ3n) is 4.65. The number of aromatic nitrogens is 2. The molecule has 0 spiro atoms. The van der Waals surface area contributed by atoms with Gasteiger partial charge in [0, 0.05) is 7.05 Å². The number of hydrogen-bond donors (Lipinski definition) is 2. The number of nitrogen functional groups attached to an aromatic ring is 1. The van der Waals surface area contributed by atoms with Gasteiger partial charge < -0.3 is 15.4 Å². The summed E-state index contributed by atoms with van der Waals surface area (Å²) in [6, 6.07) is 12.7. The van der Waals surface area contributed by atoms with E-state index in [4.69, 9.17) is 10.5 Å². The molecule has 0 atom stereocenters. The SMILES string of the molecule is CN(C(=O)COc1ccc(C(F)(F)F)cc1)c1c(N)n(Cc2ccccc2)c(=O)[nH]c1=O. The maximum Gasteiger partial charge on any atom is 0.416 e. The van der Waals surface area contributed by atoms with E-state index in [2.05, 4.69) is 4.98 Å². The van der Waals surface area contributed by atoms with Gasteiger partial charge in [-0.25, -0.2) is 4.79 Å². The number of nitrogens with one attached hydrogen (secondary N) is 1. The predicted molar refractivity (Wildman–Crippen MR) is 112 cm³/mol. The van der Waals surface area contributed by atoms with Gasteiger partial charge in [0.25, 0.3) is 11.5 Å². The molecule has 0 saturated heterocycles. The largest absolute Gasteiger partial charge is 0.484 e. The first-order valence-corrected chi connectivity index (χ1v) is 9.31. The predicted octanol–water partition coefficient (Wildman–Crippen LogP) is 2.23. The van der Waals surface area contributed by atoms with Crippen LogP contribution in [0.4, 0.5) is 24.7 Å². The molecule has 0 radical (unpaired) electrons. The number of benzene rings is 2. The molecule has 3 N–H and O–H groups in total. The number of H-pyrrole nitrogens is 1. The maximum absolute atomic E-state index is 12.6. The average Bonchev–Trinajstić information content (AvgIpc) is 2.75. The van der Waals surface area contributed by atoms with Crippen LogP contribution in [0.2, 0.25) is 0 Å². The van der Waals surface area contributed by atoms with Gasteiger partial charge in [-0.1, -0.05) is 30.3 Å². The fraction of sp³-hybridized carbons (Fsp3) is 0.190. The minimum absolute atomic E-state index is 0.0377. The lowest BCUT2D eigenvalue weighted by molar-refractivity contribution is -0.137. The minimum atomic E-state index is -4.49. The molecule has 3 aromatic rings. The molecule has 3 rings (SSSR count). The van der Waals surface area contributed by atoms with Crippen molar-refractivity contribution in [2.75, 3.05) is 24.3 Å². The summed E-state index contributed by atoms with van der Waals surface area (Å²) >= 11 is 0. The number of carbonyl (C=O) groups excluding carboxylic acids is 1. The molecule has 0 aliphatic heterocycles. The highest BCUT2D eigenvalue weighted by molar-refractivity contribution is 5.96. The Morgan fingerprint density at radius 1 is 1.09 bits per heavy atom. The number of carbonyl (C=O) groups is 1. The molecule has 0 bridgehead atoms. The molecule has 1 amide bonds. The molecule has 0 saturated carbocycles. The fourth-order valence-corrected chi connectivity index (χ4v) is 2.93. The maximum atomic E-state index is 12.6. The van der Waals surface area contributed by atoms with Crippen LogP contribution in [0.5, 0.6) is 5.75 Å². The number of hydrogen-bond acceptors (Lipinski definition) is 5. The summed E-state index contributed by atoms with van der Waals surface area (Å²) in [4.78, 5) is 40.2. The second kappa shape index (κ2) is 9.00. The van der Waals surface area contributed by atoms with Crippen LogP contribution in [0.3, 0.4) is 0 Å². The Hall–Kier alpha value is -4.02. The highest BCUT2D eigenvalue weighted by Crippen LogP contribution is 2.30. The Bertz CT molecular complexity index is 1220. The van der Waals surface area contributed by atoms with Crippen molar-refractivity contribution in [3.05, 3.63) is 86.6 Å². The number of anilines is 2. The second-order valence-electron chi connectivity index (χ2n) is 6.83. The van der Waals surface area contributed by atoms with Crippen molar-refractivity contribution in [2.24, 2.45) is 0 Å². The lowest BCUT2D eigenvalue weighted by Crippen LogP contribution is -2.41. The van der Waals surface area contributed by atoms with E-state index in [1.54, 1.807) is 30.3 Å². The van der Waals surface area contributed by atoms with E-state index >= 15 is 0 Å². The van der Waals surface area contributed by atoms with Crippen LogP contribution < -0.4 is 26.6 Å². The van der Waals surface area contributed by atoms with Crippen molar-refractivity contribution in [1.82, 2.24) is 9.55 Å². The van der Waals surface area contributed by atoms with Crippen LogP contribution in [0.25, 0.3) is 0 Å². The minimum Gasteiger partial charge on any atom is -0.484 e. The van der Waals surface area contributed by atoms with Gasteiger partial charge in [-0.3, -0.25) is 19.1 Å². The number of likely N-dealkylation sites (N-methyl/N-ethyl adjacent to an activating group) is 1. The Labute approximate surface area is 179 Å². The summed E-state index contributed by atoms with van der Waals surface area (Å²) in [6.45, 7) is -0.502. The number of nitrogens with zero attached hydrogens (tertiary/aromatic N) is 2. The van der Waals surface area contributed by atoms with Crippen LogP contribution in [0.15, 0.2) is 64.2 Å². The summed E-state index contributed by atoms with van der Waals surface area (Å²) in [5.41, 5.74) is 4.09. The third kappa shape index (κ3) is 4.99. The van der Waals surface area contributed by atoms with Crippen molar-refractivity contribution in [1.29, 1.82) is 0 Å². The van der Waals surface area contributed by atoms with Crippen molar-refractivity contribution in [2.45, 2.75) is 12.7 Å². The Balaban J connectivity index is 1.78. The van der Waals surface area contributed by atoms with E-state index < -0.39 is 35.5 Å². The van der Waals surface area contributed by atoms with Crippen molar-refractivity contribution < 1.29 is 22.7 Å². The van der Waals surface area contributed by atoms with E-state index in [0.29, 0.717) is 0 Å². The molecule has 0 aliphatic carbocycles. The Morgan fingerprint density at radius 3 is 2.31 bits per heavy atom. The van der Waals surface area contributed by atoms with E-state index in [1.165, 1.54) is 7.05 Å². The van der Waals surface area contributed by atoms with E-state index in [-0.39, 0.29) is 23.8 Å². The number of ether oxygens (including phenoxy) is 1. The first-order chi connectivity index (χ1) is 15.1. The number of alkyl halides is 3. The highest BCUT2D eigenvalue weighted by Gasteiger charge is 2.30. The molecule has 11 heteroatoms. The van der Waals surface area contributed by atoms with E-state index in [9.17, 15) is 27.6 Å². The number of aromatic amines is 1. The molecule has 32 heavy (non-hydrogen) atoms. The number of amides is 1. The smallest absolute Gasteiger partial charge is 0.416 e. The Kier molecular flexibility index (Phi) is 6.37. The number of rotatable bonds is 6. The zero-order valence-corrected chi connectivity index (χ0v) is 16.8. The molecule has 168 valence electrons. The summed E-state index contributed by atoms with van der Waals surface area (Å²) in [7, 11) is 1.27. The lowest BCUT2D eigenvalue weighted by Gasteiger charge is -2.20. The molecule has 0 aliphatic rings. The first kappa shape index (κ1) is 22.7. The summed E-state index contributed by atoms with van der Waals surface area (Å²) < 4.78 is 44.2. The molecule has 1 aromatic heterocycles. The number of nitrogens with two attached hydrogens (primary N) is 1. The molecule has 8 nitrogen and oxygen atoms in total. The lowest BCUT2D eigenvalue weighted by atomic mass is 10.2. The standard InChI is InChI=1S/C21H19F3N4O4/c1-27(16(29)12-32-15-9-7-14(8-10-15)21(22,23)24)17-18(25)28(20(31)26-19(17)30)11-13-5-3-2-4-6-13/h2-10H,11-12,25H2,1H3,(H,26,30,31). The summed E-state index contributed by atoms with van der Waals surface area (Å²) in [5.74, 6) is -0.879. The van der Waals surface area contributed by atoms with Crippen molar-refractivity contribution in [3.63, 3.8) is 0 Å².